The van der Waals surface area contributed by atoms with Crippen LogP contribution in [0.25, 0.3) is 10.9 Å². The van der Waals surface area contributed by atoms with E-state index in [-0.39, 0.29) is 23.9 Å². The zero-order valence-corrected chi connectivity index (χ0v) is 13.9. The number of aromatic amines is 1. The van der Waals surface area contributed by atoms with Gasteiger partial charge in [0.1, 0.15) is 11.4 Å². The first kappa shape index (κ1) is 16.9. The highest BCUT2D eigenvalue weighted by Gasteiger charge is 2.15. The van der Waals surface area contributed by atoms with E-state index in [1.54, 1.807) is 6.07 Å². The Balaban J connectivity index is 2.02. The van der Waals surface area contributed by atoms with Gasteiger partial charge < -0.3 is 20.4 Å². The van der Waals surface area contributed by atoms with Crippen molar-refractivity contribution in [1.82, 2.24) is 15.6 Å². The van der Waals surface area contributed by atoms with Crippen molar-refractivity contribution >= 4 is 22.7 Å². The van der Waals surface area contributed by atoms with Crippen molar-refractivity contribution in [2.24, 2.45) is 0 Å². The summed E-state index contributed by atoms with van der Waals surface area (Å²) in [6.07, 6.45) is 0. The van der Waals surface area contributed by atoms with E-state index in [0.717, 1.165) is 16.7 Å². The molecule has 2 aromatic rings. The molecular formula is C17H23N3O3. The number of fused-ring (bicyclic) bond motifs is 1. The second-order valence-corrected chi connectivity index (χ2v) is 6.35. The number of hydrogen-bond donors (Lipinski definition) is 3. The first-order valence-corrected chi connectivity index (χ1v) is 7.63. The minimum Gasteiger partial charge on any atom is -0.494 e. The molecule has 1 heterocycles. The van der Waals surface area contributed by atoms with E-state index in [9.17, 15) is 9.59 Å². The number of ether oxygens (including phenoxy) is 1. The number of amides is 2. The van der Waals surface area contributed by atoms with Crippen molar-refractivity contribution in [3.05, 3.63) is 30.0 Å². The van der Waals surface area contributed by atoms with Gasteiger partial charge in [-0.15, -0.1) is 0 Å². The monoisotopic (exact) mass is 317 g/mol. The van der Waals surface area contributed by atoms with E-state index in [0.29, 0.717) is 12.3 Å². The summed E-state index contributed by atoms with van der Waals surface area (Å²) >= 11 is 0. The molecule has 1 aromatic carbocycles. The van der Waals surface area contributed by atoms with Gasteiger partial charge in [0.05, 0.1) is 13.2 Å². The third-order valence-corrected chi connectivity index (χ3v) is 3.07. The van der Waals surface area contributed by atoms with E-state index >= 15 is 0 Å². The molecule has 0 aliphatic rings. The summed E-state index contributed by atoms with van der Waals surface area (Å²) < 4.78 is 5.44. The van der Waals surface area contributed by atoms with Gasteiger partial charge in [-0.25, -0.2) is 0 Å². The number of nitrogens with one attached hydrogen (secondary N) is 3. The van der Waals surface area contributed by atoms with Crippen LogP contribution in [0.3, 0.4) is 0 Å². The number of carbonyl (C=O) groups excluding carboxylic acids is 2. The van der Waals surface area contributed by atoms with Crippen molar-refractivity contribution < 1.29 is 14.3 Å². The van der Waals surface area contributed by atoms with Gasteiger partial charge in [0.2, 0.25) is 5.91 Å². The maximum Gasteiger partial charge on any atom is 0.268 e. The number of carbonyl (C=O) groups is 2. The summed E-state index contributed by atoms with van der Waals surface area (Å²) in [4.78, 5) is 26.9. The molecule has 3 N–H and O–H groups in total. The lowest BCUT2D eigenvalue weighted by Crippen LogP contribution is -2.45. The maximum absolute atomic E-state index is 12.1. The molecule has 124 valence electrons. The van der Waals surface area contributed by atoms with Crippen molar-refractivity contribution in [3.63, 3.8) is 0 Å². The Labute approximate surface area is 135 Å². The molecule has 0 bridgehead atoms. The second kappa shape index (κ2) is 6.73. The molecule has 1 aromatic heterocycles. The van der Waals surface area contributed by atoms with Gasteiger partial charge in [0.15, 0.2) is 0 Å². The molecule has 6 heteroatoms. The van der Waals surface area contributed by atoms with E-state index < -0.39 is 0 Å². The van der Waals surface area contributed by atoms with Crippen LogP contribution in [-0.2, 0) is 4.79 Å². The van der Waals surface area contributed by atoms with Gasteiger partial charge in [0, 0.05) is 22.5 Å². The summed E-state index contributed by atoms with van der Waals surface area (Å²) in [5.41, 5.74) is 0.913. The number of aromatic nitrogens is 1. The summed E-state index contributed by atoms with van der Waals surface area (Å²) in [7, 11) is 0. The van der Waals surface area contributed by atoms with Gasteiger partial charge in [-0.1, -0.05) is 0 Å². The molecule has 0 aliphatic carbocycles. The van der Waals surface area contributed by atoms with E-state index in [1.165, 1.54) is 0 Å². The molecule has 0 saturated carbocycles. The predicted molar refractivity (Wildman–Crippen MR) is 89.7 cm³/mol. The average Bonchev–Trinajstić information content (AvgIpc) is 2.86. The van der Waals surface area contributed by atoms with E-state index in [1.807, 2.05) is 45.9 Å². The first-order chi connectivity index (χ1) is 10.8. The number of rotatable bonds is 5. The van der Waals surface area contributed by atoms with E-state index in [4.69, 9.17) is 4.74 Å². The average molecular weight is 317 g/mol. The SMILES string of the molecule is CCOc1ccc2cc(C(=O)NCC(=O)NC(C)(C)C)[nH]c2c1. The lowest BCUT2D eigenvalue weighted by Gasteiger charge is -2.20. The largest absolute Gasteiger partial charge is 0.494 e. The fraction of sp³-hybridized carbons (Fsp3) is 0.412. The van der Waals surface area contributed by atoms with Crippen molar-refractivity contribution in [3.8, 4) is 5.75 Å². The Hall–Kier alpha value is -2.50. The molecule has 0 fully saturated rings. The van der Waals surface area contributed by atoms with Crippen molar-refractivity contribution in [1.29, 1.82) is 0 Å². The Kier molecular flexibility index (Phi) is 4.93. The van der Waals surface area contributed by atoms with Crippen LogP contribution in [0.1, 0.15) is 38.2 Å². The number of benzene rings is 1. The standard InChI is InChI=1S/C17H23N3O3/c1-5-23-12-7-6-11-8-14(19-13(11)9-12)16(22)18-10-15(21)20-17(2,3)4/h6-9,19H,5,10H2,1-4H3,(H,18,22)(H,20,21). The van der Waals surface area contributed by atoms with Crippen LogP contribution in [0.2, 0.25) is 0 Å². The van der Waals surface area contributed by atoms with Gasteiger partial charge in [-0.2, -0.15) is 0 Å². The normalized spacial score (nSPS) is 11.3. The fourth-order valence-electron chi connectivity index (χ4n) is 2.20. The van der Waals surface area contributed by atoms with Gasteiger partial charge in [-0.3, -0.25) is 9.59 Å². The van der Waals surface area contributed by atoms with Crippen molar-refractivity contribution in [2.75, 3.05) is 13.2 Å². The van der Waals surface area contributed by atoms with Gasteiger partial charge in [0.25, 0.3) is 5.91 Å². The highest BCUT2D eigenvalue weighted by molar-refractivity contribution is 5.99. The van der Waals surface area contributed by atoms with E-state index in [2.05, 4.69) is 15.6 Å². The summed E-state index contributed by atoms with van der Waals surface area (Å²) in [6.45, 7) is 8.11. The Morgan fingerprint density at radius 1 is 1.22 bits per heavy atom. The molecule has 2 rings (SSSR count). The lowest BCUT2D eigenvalue weighted by atomic mass is 10.1. The molecule has 23 heavy (non-hydrogen) atoms. The van der Waals surface area contributed by atoms with Crippen LogP contribution in [0.15, 0.2) is 24.3 Å². The molecule has 0 atom stereocenters. The Bertz CT molecular complexity index is 713. The quantitative estimate of drug-likeness (QED) is 0.790. The topological polar surface area (TPSA) is 83.2 Å². The van der Waals surface area contributed by atoms with Crippen LogP contribution in [-0.4, -0.2) is 35.5 Å². The van der Waals surface area contributed by atoms with Crippen molar-refractivity contribution in [2.45, 2.75) is 33.2 Å². The summed E-state index contributed by atoms with van der Waals surface area (Å²) in [5.74, 6) is 0.210. The zero-order chi connectivity index (χ0) is 17.0. The molecular weight excluding hydrogens is 294 g/mol. The van der Waals surface area contributed by atoms with Crippen LogP contribution in [0.5, 0.6) is 5.75 Å². The third kappa shape index (κ3) is 4.74. The number of H-pyrrole nitrogens is 1. The van der Waals surface area contributed by atoms with Gasteiger partial charge in [-0.05, 0) is 45.9 Å². The summed E-state index contributed by atoms with van der Waals surface area (Å²) in [6, 6.07) is 7.35. The Morgan fingerprint density at radius 2 is 1.96 bits per heavy atom. The van der Waals surface area contributed by atoms with Crippen LogP contribution in [0.4, 0.5) is 0 Å². The lowest BCUT2D eigenvalue weighted by molar-refractivity contribution is -0.121. The van der Waals surface area contributed by atoms with Gasteiger partial charge >= 0.3 is 0 Å². The van der Waals surface area contributed by atoms with Crippen LogP contribution < -0.4 is 15.4 Å². The molecule has 6 nitrogen and oxygen atoms in total. The van der Waals surface area contributed by atoms with Crippen LogP contribution >= 0.6 is 0 Å². The zero-order valence-electron chi connectivity index (χ0n) is 13.9. The minimum absolute atomic E-state index is 0.0599. The fourth-order valence-corrected chi connectivity index (χ4v) is 2.20. The molecule has 0 aliphatic heterocycles. The van der Waals surface area contributed by atoms with Crippen LogP contribution in [0, 0.1) is 0 Å². The molecule has 0 spiro atoms. The smallest absolute Gasteiger partial charge is 0.268 e. The molecule has 0 saturated heterocycles. The predicted octanol–water partition coefficient (Wildman–Crippen LogP) is 2.21. The summed E-state index contributed by atoms with van der Waals surface area (Å²) in [5, 5.41) is 6.32. The highest BCUT2D eigenvalue weighted by Crippen LogP contribution is 2.21. The maximum atomic E-state index is 12.1. The third-order valence-electron chi connectivity index (χ3n) is 3.07. The number of hydrogen-bond acceptors (Lipinski definition) is 3. The Morgan fingerprint density at radius 3 is 2.61 bits per heavy atom. The second-order valence-electron chi connectivity index (χ2n) is 6.35. The molecule has 0 radical (unpaired) electrons. The molecule has 0 unspecified atom stereocenters. The minimum atomic E-state index is -0.321. The first-order valence-electron chi connectivity index (χ1n) is 7.63. The molecule has 2 amide bonds. The highest BCUT2D eigenvalue weighted by atomic mass is 16.5.